The molecular weight excluding hydrogens is 800 g/mol. The molecule has 0 atom stereocenters. The van der Waals surface area contributed by atoms with Crippen molar-refractivity contribution in [2.24, 2.45) is 17.8 Å². The van der Waals surface area contributed by atoms with Crippen molar-refractivity contribution in [3.05, 3.63) is 215 Å². The number of hydrogen-bond acceptors (Lipinski definition) is 3. The molecule has 0 radical (unpaired) electrons. The van der Waals surface area contributed by atoms with E-state index in [4.69, 9.17) is 13.6 Å². The molecular formula is C60H75O3P. The topological polar surface area (TPSA) is 27.7 Å². The van der Waals surface area contributed by atoms with Gasteiger partial charge in [-0.15, -0.1) is 0 Å². The summed E-state index contributed by atoms with van der Waals surface area (Å²) < 4.78 is 24.4. The third-order valence-corrected chi connectivity index (χ3v) is 14.2. The minimum absolute atomic E-state index is 0.619. The molecule has 0 saturated carbocycles. The highest BCUT2D eigenvalue weighted by molar-refractivity contribution is 7.41. The van der Waals surface area contributed by atoms with Gasteiger partial charge < -0.3 is 0 Å². The van der Waals surface area contributed by atoms with Crippen LogP contribution in [0.2, 0.25) is 0 Å². The third kappa shape index (κ3) is 13.1. The number of rotatable bonds is 27. The Bertz CT molecular complexity index is 1770. The molecule has 6 aromatic rings. The van der Waals surface area contributed by atoms with Gasteiger partial charge in [0, 0.05) is 0 Å². The molecule has 0 aliphatic carbocycles. The van der Waals surface area contributed by atoms with Gasteiger partial charge in [-0.25, -0.2) is 0 Å². The van der Waals surface area contributed by atoms with E-state index < -0.39 is 25.4 Å². The predicted octanol–water partition coefficient (Wildman–Crippen LogP) is 17.7. The molecule has 0 bridgehead atoms. The Hall–Kier alpha value is -4.37. The normalized spacial score (nSPS) is 12.5. The van der Waals surface area contributed by atoms with Crippen molar-refractivity contribution in [1.29, 1.82) is 0 Å². The van der Waals surface area contributed by atoms with Crippen molar-refractivity contribution in [3.63, 3.8) is 0 Å². The molecule has 0 heterocycles. The van der Waals surface area contributed by atoms with Crippen LogP contribution in [0.25, 0.3) is 0 Å². The summed E-state index contributed by atoms with van der Waals surface area (Å²) in [6.07, 6.45) is 12.1. The fraction of sp³-hybridized carbons (Fsp3) is 0.400. The lowest BCUT2D eigenvalue weighted by atomic mass is 9.82. The standard InChI is InChI=1S/C60H75O3P/c1-49(2)31-25-28-46-58(52-34-13-7-14-35-52,53-36-15-8-16-37-53)61-64(62-59(47-29-26-32-50(3)4,54-38-17-9-18-39-54)55-40-19-10-20-41-55)63-60(48-30-27-33-51(5)6,56-42-21-11-22-43-56)57-44-23-12-24-45-57/h7-24,34-45,49-51H,25-33,46-48H2,1-6H3. The first-order chi connectivity index (χ1) is 31.2. The minimum atomic E-state index is -2.17. The van der Waals surface area contributed by atoms with Crippen molar-refractivity contribution in [2.75, 3.05) is 0 Å². The molecule has 64 heavy (non-hydrogen) atoms. The Balaban J connectivity index is 1.63. The van der Waals surface area contributed by atoms with Crippen LogP contribution in [0, 0.1) is 17.8 Å². The van der Waals surface area contributed by atoms with Crippen LogP contribution >= 0.6 is 8.60 Å². The average molecular weight is 875 g/mol. The number of hydrogen-bond donors (Lipinski definition) is 0. The molecule has 0 N–H and O–H groups in total. The molecule has 0 amide bonds. The highest BCUT2D eigenvalue weighted by Crippen LogP contribution is 2.62. The van der Waals surface area contributed by atoms with Crippen molar-refractivity contribution < 1.29 is 13.6 Å². The van der Waals surface area contributed by atoms with Gasteiger partial charge in [-0.1, -0.05) is 262 Å². The summed E-state index contributed by atoms with van der Waals surface area (Å²) in [5.74, 6) is 1.86. The summed E-state index contributed by atoms with van der Waals surface area (Å²) in [5.41, 5.74) is 4.01. The van der Waals surface area contributed by atoms with Crippen molar-refractivity contribution >= 4 is 8.60 Å². The van der Waals surface area contributed by atoms with Crippen LogP contribution in [-0.4, -0.2) is 0 Å². The van der Waals surface area contributed by atoms with Gasteiger partial charge in [-0.05, 0) is 89.7 Å². The van der Waals surface area contributed by atoms with E-state index in [1.165, 1.54) is 0 Å². The highest BCUT2D eigenvalue weighted by atomic mass is 31.2. The monoisotopic (exact) mass is 875 g/mol. The highest BCUT2D eigenvalue weighted by Gasteiger charge is 2.48. The van der Waals surface area contributed by atoms with Gasteiger partial charge in [0.05, 0.1) is 0 Å². The first-order valence-electron chi connectivity index (χ1n) is 24.4. The van der Waals surface area contributed by atoms with Crippen LogP contribution in [0.15, 0.2) is 182 Å². The van der Waals surface area contributed by atoms with E-state index >= 15 is 0 Å². The van der Waals surface area contributed by atoms with Crippen LogP contribution in [0.3, 0.4) is 0 Å². The lowest BCUT2D eigenvalue weighted by molar-refractivity contribution is -0.0254. The van der Waals surface area contributed by atoms with Gasteiger partial charge in [-0.3, -0.25) is 13.6 Å². The van der Waals surface area contributed by atoms with E-state index in [0.717, 1.165) is 110 Å². The molecule has 0 fully saturated rings. The average Bonchev–Trinajstić information content (AvgIpc) is 3.33. The second-order valence-electron chi connectivity index (χ2n) is 19.1. The van der Waals surface area contributed by atoms with Gasteiger partial charge in [0.2, 0.25) is 0 Å². The SMILES string of the molecule is CC(C)CCCCC(OP(OC(CCCCC(C)C)(c1ccccc1)c1ccccc1)OC(CCCCC(C)C)(c1ccccc1)c1ccccc1)(c1ccccc1)c1ccccc1. The van der Waals surface area contributed by atoms with Gasteiger partial charge in [-0.2, -0.15) is 0 Å². The lowest BCUT2D eigenvalue weighted by Gasteiger charge is -2.45. The molecule has 0 aromatic heterocycles. The van der Waals surface area contributed by atoms with Gasteiger partial charge in [0.15, 0.2) is 0 Å². The zero-order valence-electron chi connectivity index (χ0n) is 39.7. The minimum Gasteiger partial charge on any atom is -0.296 e. The fourth-order valence-electron chi connectivity index (χ4n) is 9.28. The Morgan fingerprint density at radius 1 is 0.297 bits per heavy atom. The second-order valence-corrected chi connectivity index (χ2v) is 20.1. The molecule has 0 saturated heterocycles. The zero-order valence-corrected chi connectivity index (χ0v) is 40.6. The van der Waals surface area contributed by atoms with Crippen LogP contribution in [0.5, 0.6) is 0 Å². The predicted molar refractivity (Wildman–Crippen MR) is 271 cm³/mol. The maximum absolute atomic E-state index is 8.12. The molecule has 0 spiro atoms. The van der Waals surface area contributed by atoms with Gasteiger partial charge in [0.25, 0.3) is 0 Å². The maximum Gasteiger partial charge on any atom is 0.336 e. The largest absolute Gasteiger partial charge is 0.336 e. The molecule has 338 valence electrons. The van der Waals surface area contributed by atoms with E-state index in [9.17, 15) is 0 Å². The van der Waals surface area contributed by atoms with Crippen molar-refractivity contribution in [2.45, 2.75) is 135 Å². The Labute approximate surface area is 389 Å². The van der Waals surface area contributed by atoms with Crippen LogP contribution in [0.1, 0.15) is 152 Å². The number of benzene rings is 6. The van der Waals surface area contributed by atoms with Gasteiger partial charge >= 0.3 is 8.60 Å². The summed E-state index contributed by atoms with van der Waals surface area (Å²) in [6, 6.07) is 65.3. The summed E-state index contributed by atoms with van der Waals surface area (Å²) in [4.78, 5) is 0. The van der Waals surface area contributed by atoms with Crippen molar-refractivity contribution in [1.82, 2.24) is 0 Å². The summed E-state index contributed by atoms with van der Waals surface area (Å²) in [7, 11) is -2.17. The lowest BCUT2D eigenvalue weighted by Crippen LogP contribution is -2.37. The van der Waals surface area contributed by atoms with E-state index in [1.807, 2.05) is 0 Å². The first-order valence-corrected chi connectivity index (χ1v) is 25.5. The quantitative estimate of drug-likeness (QED) is 0.0381. The Morgan fingerprint density at radius 3 is 0.656 bits per heavy atom. The van der Waals surface area contributed by atoms with E-state index in [0.29, 0.717) is 17.8 Å². The molecule has 0 aliphatic rings. The third-order valence-electron chi connectivity index (χ3n) is 12.8. The second kappa shape index (κ2) is 24.8. The van der Waals surface area contributed by atoms with Crippen LogP contribution in [-0.2, 0) is 30.4 Å². The maximum atomic E-state index is 8.12. The van der Waals surface area contributed by atoms with Crippen LogP contribution < -0.4 is 0 Å². The smallest absolute Gasteiger partial charge is 0.296 e. The number of unbranched alkanes of at least 4 members (excludes halogenated alkanes) is 3. The first kappa shape index (κ1) is 49.1. The fourth-order valence-corrected chi connectivity index (χ4v) is 11.1. The molecule has 4 heteroatoms. The van der Waals surface area contributed by atoms with Crippen LogP contribution in [0.4, 0.5) is 0 Å². The molecule has 6 aromatic carbocycles. The van der Waals surface area contributed by atoms with E-state index in [2.05, 4.69) is 224 Å². The molecule has 3 nitrogen and oxygen atoms in total. The van der Waals surface area contributed by atoms with E-state index in [-0.39, 0.29) is 0 Å². The molecule has 0 unspecified atom stereocenters. The molecule has 0 aliphatic heterocycles. The van der Waals surface area contributed by atoms with Crippen molar-refractivity contribution in [3.8, 4) is 0 Å². The van der Waals surface area contributed by atoms with E-state index in [1.54, 1.807) is 0 Å². The van der Waals surface area contributed by atoms with Gasteiger partial charge in [0.1, 0.15) is 16.8 Å². The molecule has 6 rings (SSSR count). The Morgan fingerprint density at radius 2 is 0.484 bits per heavy atom. The Kier molecular flexibility index (Phi) is 19.0. The zero-order chi connectivity index (χ0) is 45.1. The summed E-state index contributed by atoms with van der Waals surface area (Å²) in [6.45, 7) is 13.9. The summed E-state index contributed by atoms with van der Waals surface area (Å²) >= 11 is 0. The summed E-state index contributed by atoms with van der Waals surface area (Å²) in [5, 5.41) is 0.